The van der Waals surface area contributed by atoms with Crippen LogP contribution in [-0.2, 0) is 19.1 Å². The third kappa shape index (κ3) is 14.4. The normalized spacial score (nSPS) is 17.1. The molecule has 32 heavy (non-hydrogen) atoms. The van der Waals surface area contributed by atoms with Crippen LogP contribution in [0, 0.1) is 11.8 Å². The van der Waals surface area contributed by atoms with Gasteiger partial charge in [0.05, 0.1) is 11.8 Å². The number of likely N-dealkylation sites (tertiary alicyclic amines) is 1. The molecular formula is C26H48ClNO4. The summed E-state index contributed by atoms with van der Waals surface area (Å²) in [7, 11) is 2.05. The SMILES string of the molecule is CCCCCCCCCCCCCCC(C)C(=O)OCC(Cl)OC(=O)C1CCN(C)CC1. The Balaban J connectivity index is 1.98. The second kappa shape index (κ2) is 18.6. The van der Waals surface area contributed by atoms with Crippen molar-refractivity contribution in [1.82, 2.24) is 4.90 Å². The lowest BCUT2D eigenvalue weighted by Crippen LogP contribution is -2.35. The number of halogens is 1. The number of hydrogen-bond donors (Lipinski definition) is 0. The lowest BCUT2D eigenvalue weighted by molar-refractivity contribution is -0.160. The molecule has 0 spiro atoms. The van der Waals surface area contributed by atoms with Gasteiger partial charge in [0.1, 0.15) is 6.61 Å². The van der Waals surface area contributed by atoms with Crippen molar-refractivity contribution < 1.29 is 19.1 Å². The first-order chi connectivity index (χ1) is 15.4. The monoisotopic (exact) mass is 473 g/mol. The lowest BCUT2D eigenvalue weighted by Gasteiger charge is -2.28. The molecule has 1 aliphatic rings. The van der Waals surface area contributed by atoms with Gasteiger partial charge >= 0.3 is 11.9 Å². The molecule has 2 atom stereocenters. The first kappa shape index (κ1) is 29.2. The molecule has 2 unspecified atom stereocenters. The smallest absolute Gasteiger partial charge is 0.310 e. The summed E-state index contributed by atoms with van der Waals surface area (Å²) >= 11 is 6.07. The Morgan fingerprint density at radius 1 is 0.906 bits per heavy atom. The summed E-state index contributed by atoms with van der Waals surface area (Å²) in [6, 6.07) is 0. The molecule has 0 radical (unpaired) electrons. The molecule has 0 N–H and O–H groups in total. The van der Waals surface area contributed by atoms with E-state index in [1.54, 1.807) is 0 Å². The Kier molecular flexibility index (Phi) is 17.0. The van der Waals surface area contributed by atoms with Crippen LogP contribution in [0.1, 0.15) is 110 Å². The zero-order valence-corrected chi connectivity index (χ0v) is 21.7. The Hall–Kier alpha value is -0.810. The van der Waals surface area contributed by atoms with E-state index in [2.05, 4.69) is 11.8 Å². The number of rotatable bonds is 18. The molecule has 0 aromatic rings. The molecule has 0 aromatic heterocycles. The summed E-state index contributed by atoms with van der Waals surface area (Å²) in [5, 5.41) is 0. The van der Waals surface area contributed by atoms with E-state index in [0.29, 0.717) is 0 Å². The van der Waals surface area contributed by atoms with Gasteiger partial charge in [0.2, 0.25) is 5.56 Å². The van der Waals surface area contributed by atoms with Gasteiger partial charge in [0, 0.05) is 0 Å². The van der Waals surface area contributed by atoms with Crippen LogP contribution in [0.25, 0.3) is 0 Å². The average molecular weight is 474 g/mol. The zero-order valence-electron chi connectivity index (χ0n) is 20.9. The van der Waals surface area contributed by atoms with Gasteiger partial charge in [0.15, 0.2) is 0 Å². The topological polar surface area (TPSA) is 55.8 Å². The number of carbonyl (C=O) groups is 2. The maximum atomic E-state index is 12.2. The fourth-order valence-electron chi connectivity index (χ4n) is 4.20. The van der Waals surface area contributed by atoms with Gasteiger partial charge in [-0.05, 0) is 39.4 Å². The first-order valence-corrected chi connectivity index (χ1v) is 13.6. The molecule has 1 rings (SSSR count). The largest absolute Gasteiger partial charge is 0.460 e. The fraction of sp³-hybridized carbons (Fsp3) is 0.923. The van der Waals surface area contributed by atoms with Crippen LogP contribution < -0.4 is 0 Å². The van der Waals surface area contributed by atoms with Crippen LogP contribution in [0.2, 0.25) is 0 Å². The van der Waals surface area contributed by atoms with Crippen molar-refractivity contribution in [1.29, 1.82) is 0 Å². The maximum Gasteiger partial charge on any atom is 0.310 e. The van der Waals surface area contributed by atoms with Gasteiger partial charge < -0.3 is 14.4 Å². The number of hydrogen-bond acceptors (Lipinski definition) is 5. The summed E-state index contributed by atoms with van der Waals surface area (Å²) in [5.74, 6) is -0.785. The van der Waals surface area contributed by atoms with Crippen LogP contribution in [0.5, 0.6) is 0 Å². The molecule has 1 aliphatic heterocycles. The molecule has 1 fully saturated rings. The fourth-order valence-corrected chi connectivity index (χ4v) is 4.35. The quantitative estimate of drug-likeness (QED) is 0.126. The van der Waals surface area contributed by atoms with Crippen molar-refractivity contribution >= 4 is 23.5 Å². The van der Waals surface area contributed by atoms with Gasteiger partial charge in [-0.25, -0.2) is 0 Å². The number of ether oxygens (including phenoxy) is 2. The predicted octanol–water partition coefficient (Wildman–Crippen LogP) is 6.71. The van der Waals surface area contributed by atoms with Crippen molar-refractivity contribution in [2.75, 3.05) is 26.7 Å². The van der Waals surface area contributed by atoms with E-state index in [1.807, 2.05) is 14.0 Å². The third-order valence-corrected chi connectivity index (χ3v) is 6.76. The van der Waals surface area contributed by atoms with Crippen LogP contribution in [0.15, 0.2) is 0 Å². The van der Waals surface area contributed by atoms with E-state index < -0.39 is 5.56 Å². The highest BCUT2D eigenvalue weighted by Crippen LogP contribution is 2.19. The first-order valence-electron chi connectivity index (χ1n) is 13.1. The molecular weight excluding hydrogens is 426 g/mol. The second-order valence-electron chi connectivity index (χ2n) is 9.63. The molecule has 188 valence electrons. The summed E-state index contributed by atoms with van der Waals surface area (Å²) in [4.78, 5) is 26.5. The summed E-state index contributed by atoms with van der Waals surface area (Å²) in [6.45, 7) is 5.85. The standard InChI is InChI=1S/C26H48ClNO4/c1-4-5-6-7-8-9-10-11-12-13-14-15-16-22(2)25(29)31-21-24(27)32-26(30)23-17-19-28(3)20-18-23/h22-24H,4-21H2,1-3H3. The van der Waals surface area contributed by atoms with E-state index in [0.717, 1.165) is 38.8 Å². The van der Waals surface area contributed by atoms with E-state index in [9.17, 15) is 9.59 Å². The molecule has 1 heterocycles. The van der Waals surface area contributed by atoms with E-state index >= 15 is 0 Å². The highest BCUT2D eigenvalue weighted by atomic mass is 35.5. The molecule has 0 saturated carbocycles. The third-order valence-electron chi connectivity index (χ3n) is 6.55. The average Bonchev–Trinajstić information content (AvgIpc) is 2.78. The van der Waals surface area contributed by atoms with E-state index in [4.69, 9.17) is 21.1 Å². The molecule has 0 bridgehead atoms. The van der Waals surface area contributed by atoms with Gasteiger partial charge in [0.25, 0.3) is 0 Å². The Morgan fingerprint density at radius 2 is 1.41 bits per heavy atom. The second-order valence-corrected chi connectivity index (χ2v) is 10.1. The van der Waals surface area contributed by atoms with Crippen molar-refractivity contribution in [3.05, 3.63) is 0 Å². The highest BCUT2D eigenvalue weighted by molar-refractivity contribution is 6.20. The Labute approximate surface area is 201 Å². The van der Waals surface area contributed by atoms with Crippen LogP contribution >= 0.6 is 11.6 Å². The number of piperidine rings is 1. The molecule has 1 saturated heterocycles. The number of carbonyl (C=O) groups excluding carboxylic acids is 2. The Morgan fingerprint density at radius 3 is 1.94 bits per heavy atom. The van der Waals surface area contributed by atoms with Gasteiger partial charge in [-0.3, -0.25) is 9.59 Å². The number of esters is 2. The molecule has 0 aliphatic carbocycles. The highest BCUT2D eigenvalue weighted by Gasteiger charge is 2.27. The van der Waals surface area contributed by atoms with Gasteiger partial charge in [-0.2, -0.15) is 0 Å². The summed E-state index contributed by atoms with van der Waals surface area (Å²) in [6.07, 6.45) is 18.1. The lowest BCUT2D eigenvalue weighted by atomic mass is 9.97. The number of nitrogens with zero attached hydrogens (tertiary/aromatic N) is 1. The summed E-state index contributed by atoms with van der Waals surface area (Å²) in [5.41, 5.74) is -0.912. The minimum atomic E-state index is -0.912. The molecule has 6 heteroatoms. The predicted molar refractivity (Wildman–Crippen MR) is 132 cm³/mol. The number of alkyl halides is 1. The van der Waals surface area contributed by atoms with Gasteiger partial charge in [-0.15, -0.1) is 0 Å². The van der Waals surface area contributed by atoms with E-state index in [1.165, 1.54) is 70.6 Å². The van der Waals surface area contributed by atoms with Crippen molar-refractivity contribution in [3.63, 3.8) is 0 Å². The Bertz CT molecular complexity index is 494. The molecule has 0 aromatic carbocycles. The molecule has 0 amide bonds. The minimum absolute atomic E-state index is 0.0818. The van der Waals surface area contributed by atoms with Crippen molar-refractivity contribution in [2.24, 2.45) is 11.8 Å². The number of unbranched alkanes of at least 4 members (excludes halogenated alkanes) is 11. The maximum absolute atomic E-state index is 12.2. The van der Waals surface area contributed by atoms with Crippen molar-refractivity contribution in [3.8, 4) is 0 Å². The molecule has 5 nitrogen and oxygen atoms in total. The zero-order chi connectivity index (χ0) is 23.6. The van der Waals surface area contributed by atoms with Gasteiger partial charge in [-0.1, -0.05) is 102 Å². The van der Waals surface area contributed by atoms with Crippen LogP contribution in [0.3, 0.4) is 0 Å². The van der Waals surface area contributed by atoms with Crippen LogP contribution in [0.4, 0.5) is 0 Å². The summed E-state index contributed by atoms with van der Waals surface area (Å²) < 4.78 is 10.5. The van der Waals surface area contributed by atoms with Crippen molar-refractivity contribution in [2.45, 2.75) is 116 Å². The van der Waals surface area contributed by atoms with Crippen LogP contribution in [-0.4, -0.2) is 49.1 Å². The minimum Gasteiger partial charge on any atom is -0.460 e. The van der Waals surface area contributed by atoms with E-state index in [-0.39, 0.29) is 30.4 Å².